The van der Waals surface area contributed by atoms with Gasteiger partial charge in [0.05, 0.1) is 14.2 Å². The minimum atomic E-state index is -0.413. The molecule has 2 rings (SSSR count). The highest BCUT2D eigenvalue weighted by molar-refractivity contribution is 5.55. The zero-order chi connectivity index (χ0) is 12.5. The van der Waals surface area contributed by atoms with Crippen LogP contribution < -0.4 is 9.47 Å². The van der Waals surface area contributed by atoms with Crippen LogP contribution in [0.2, 0.25) is 0 Å². The lowest BCUT2D eigenvalue weighted by atomic mass is 10.0. The summed E-state index contributed by atoms with van der Waals surface area (Å²) in [7, 11) is 3.24. The first kappa shape index (κ1) is 11.7. The molecule has 0 amide bonds. The van der Waals surface area contributed by atoms with E-state index in [0.29, 0.717) is 0 Å². The molecule has 0 N–H and O–H groups in total. The Labute approximate surface area is 100 Å². The van der Waals surface area contributed by atoms with E-state index < -0.39 is 5.54 Å². The highest BCUT2D eigenvalue weighted by Crippen LogP contribution is 2.53. The first-order valence-corrected chi connectivity index (χ1v) is 5.49. The summed E-state index contributed by atoms with van der Waals surface area (Å²) in [5.74, 6) is 1.53. The second-order valence-corrected chi connectivity index (χ2v) is 4.21. The van der Waals surface area contributed by atoms with Crippen molar-refractivity contribution in [2.24, 2.45) is 4.99 Å². The van der Waals surface area contributed by atoms with E-state index in [1.54, 1.807) is 20.3 Å². The molecule has 0 aliphatic heterocycles. The third kappa shape index (κ3) is 1.81. The lowest BCUT2D eigenvalue weighted by molar-refractivity contribution is 0.382. The summed E-state index contributed by atoms with van der Waals surface area (Å²) in [6.07, 6.45) is 3.39. The summed E-state index contributed by atoms with van der Waals surface area (Å²) in [4.78, 5) is 14.4. The Morgan fingerprint density at radius 3 is 2.47 bits per heavy atom. The van der Waals surface area contributed by atoms with Crippen LogP contribution in [0, 0.1) is 6.92 Å². The molecule has 0 radical (unpaired) electrons. The SMILES string of the molecule is COc1ccc(C2(N=C=O)CC2)c(OC)c1C. The lowest BCUT2D eigenvalue weighted by Crippen LogP contribution is -2.07. The normalized spacial score (nSPS) is 15.9. The Bertz CT molecular complexity index is 486. The molecule has 0 atom stereocenters. The largest absolute Gasteiger partial charge is 0.496 e. The molecular weight excluding hydrogens is 218 g/mol. The predicted molar refractivity (Wildman–Crippen MR) is 63.3 cm³/mol. The van der Waals surface area contributed by atoms with Gasteiger partial charge in [0, 0.05) is 11.1 Å². The van der Waals surface area contributed by atoms with Crippen molar-refractivity contribution in [2.45, 2.75) is 25.3 Å². The molecule has 1 aromatic carbocycles. The highest BCUT2D eigenvalue weighted by Gasteiger charge is 2.47. The van der Waals surface area contributed by atoms with Gasteiger partial charge in [0.25, 0.3) is 0 Å². The first-order chi connectivity index (χ1) is 8.18. The number of aliphatic imine (C=N–C) groups is 1. The van der Waals surface area contributed by atoms with E-state index in [4.69, 9.17) is 9.47 Å². The maximum Gasteiger partial charge on any atom is 0.235 e. The Hall–Kier alpha value is -1.80. The van der Waals surface area contributed by atoms with Crippen LogP contribution in [0.25, 0.3) is 0 Å². The Balaban J connectivity index is 2.56. The van der Waals surface area contributed by atoms with Crippen LogP contribution in [0.3, 0.4) is 0 Å². The van der Waals surface area contributed by atoms with E-state index in [1.807, 2.05) is 19.1 Å². The molecule has 1 aliphatic rings. The number of nitrogens with zero attached hydrogens (tertiary/aromatic N) is 1. The first-order valence-electron chi connectivity index (χ1n) is 5.49. The van der Waals surface area contributed by atoms with Gasteiger partial charge in [-0.3, -0.25) is 0 Å². The fourth-order valence-electron chi connectivity index (χ4n) is 2.17. The molecule has 90 valence electrons. The van der Waals surface area contributed by atoms with Crippen molar-refractivity contribution in [3.63, 3.8) is 0 Å². The number of methoxy groups -OCH3 is 2. The van der Waals surface area contributed by atoms with E-state index in [-0.39, 0.29) is 0 Å². The van der Waals surface area contributed by atoms with Crippen LogP contribution in [0.4, 0.5) is 0 Å². The van der Waals surface area contributed by atoms with Gasteiger partial charge in [0.15, 0.2) is 0 Å². The second-order valence-electron chi connectivity index (χ2n) is 4.21. The quantitative estimate of drug-likeness (QED) is 0.592. The van der Waals surface area contributed by atoms with Crippen molar-refractivity contribution in [3.05, 3.63) is 23.3 Å². The maximum absolute atomic E-state index is 10.5. The topological polar surface area (TPSA) is 47.9 Å². The number of carbonyl (C=O) groups excluding carboxylic acids is 1. The van der Waals surface area contributed by atoms with E-state index in [2.05, 4.69) is 4.99 Å². The molecule has 4 nitrogen and oxygen atoms in total. The van der Waals surface area contributed by atoms with Crippen molar-refractivity contribution < 1.29 is 14.3 Å². The molecular formula is C13H15NO3. The number of isocyanates is 1. The second kappa shape index (κ2) is 4.22. The van der Waals surface area contributed by atoms with Crippen LogP contribution in [0.1, 0.15) is 24.0 Å². The summed E-state index contributed by atoms with van der Waals surface area (Å²) in [5.41, 5.74) is 1.46. The van der Waals surface area contributed by atoms with Gasteiger partial charge in [-0.25, -0.2) is 4.79 Å². The Morgan fingerprint density at radius 1 is 1.29 bits per heavy atom. The predicted octanol–water partition coefficient (Wildman–Crippen LogP) is 2.34. The van der Waals surface area contributed by atoms with Crippen LogP contribution >= 0.6 is 0 Å². The van der Waals surface area contributed by atoms with Crippen LogP contribution in [-0.4, -0.2) is 20.3 Å². The zero-order valence-corrected chi connectivity index (χ0v) is 10.2. The number of rotatable bonds is 4. The minimum absolute atomic E-state index is 0.413. The van der Waals surface area contributed by atoms with Gasteiger partial charge < -0.3 is 9.47 Å². The van der Waals surface area contributed by atoms with Gasteiger partial charge in [-0.05, 0) is 31.9 Å². The van der Waals surface area contributed by atoms with Crippen molar-refractivity contribution >= 4 is 6.08 Å². The average Bonchev–Trinajstić information content (AvgIpc) is 3.10. The maximum atomic E-state index is 10.5. The fraction of sp³-hybridized carbons (Fsp3) is 0.462. The number of ether oxygens (including phenoxy) is 2. The van der Waals surface area contributed by atoms with Crippen LogP contribution in [0.15, 0.2) is 17.1 Å². The van der Waals surface area contributed by atoms with E-state index in [1.165, 1.54) is 0 Å². The van der Waals surface area contributed by atoms with Gasteiger partial charge >= 0.3 is 0 Å². The molecule has 1 fully saturated rings. The third-order valence-electron chi connectivity index (χ3n) is 3.26. The molecule has 1 aromatic rings. The number of hydrogen-bond donors (Lipinski definition) is 0. The van der Waals surface area contributed by atoms with Crippen molar-refractivity contribution in [3.8, 4) is 11.5 Å². The summed E-state index contributed by atoms with van der Waals surface area (Å²) >= 11 is 0. The average molecular weight is 233 g/mol. The van der Waals surface area contributed by atoms with Crippen molar-refractivity contribution in [1.29, 1.82) is 0 Å². The fourth-order valence-corrected chi connectivity index (χ4v) is 2.17. The van der Waals surface area contributed by atoms with Gasteiger partial charge in [-0.2, -0.15) is 4.99 Å². The summed E-state index contributed by atoms with van der Waals surface area (Å²) in [6.45, 7) is 1.93. The smallest absolute Gasteiger partial charge is 0.235 e. The Morgan fingerprint density at radius 2 is 2.00 bits per heavy atom. The molecule has 1 saturated carbocycles. The molecule has 1 aliphatic carbocycles. The van der Waals surface area contributed by atoms with Crippen LogP contribution in [0.5, 0.6) is 11.5 Å². The minimum Gasteiger partial charge on any atom is -0.496 e. The molecule has 0 unspecified atom stereocenters. The third-order valence-corrected chi connectivity index (χ3v) is 3.26. The summed E-state index contributed by atoms with van der Waals surface area (Å²) in [5, 5.41) is 0. The molecule has 0 spiro atoms. The van der Waals surface area contributed by atoms with E-state index >= 15 is 0 Å². The lowest BCUT2D eigenvalue weighted by Gasteiger charge is -2.17. The van der Waals surface area contributed by atoms with Gasteiger partial charge in [-0.15, -0.1) is 0 Å². The molecule has 4 heteroatoms. The zero-order valence-electron chi connectivity index (χ0n) is 10.2. The van der Waals surface area contributed by atoms with E-state index in [0.717, 1.165) is 35.5 Å². The standard InChI is InChI=1S/C13H15NO3/c1-9-11(16-2)5-4-10(12(9)17-3)13(6-7-13)14-8-15/h4-5H,6-7H2,1-3H3. The van der Waals surface area contributed by atoms with Crippen molar-refractivity contribution in [2.75, 3.05) is 14.2 Å². The molecule has 0 aromatic heterocycles. The molecule has 0 bridgehead atoms. The highest BCUT2D eigenvalue weighted by atomic mass is 16.5. The summed E-state index contributed by atoms with van der Waals surface area (Å²) in [6, 6.07) is 3.80. The summed E-state index contributed by atoms with van der Waals surface area (Å²) < 4.78 is 10.7. The molecule has 0 heterocycles. The van der Waals surface area contributed by atoms with Crippen molar-refractivity contribution in [1.82, 2.24) is 0 Å². The van der Waals surface area contributed by atoms with Crippen LogP contribution in [-0.2, 0) is 10.3 Å². The Kier molecular flexibility index (Phi) is 2.90. The number of benzene rings is 1. The monoisotopic (exact) mass is 233 g/mol. The van der Waals surface area contributed by atoms with E-state index in [9.17, 15) is 4.79 Å². The van der Waals surface area contributed by atoms with Gasteiger partial charge in [-0.1, -0.05) is 0 Å². The van der Waals surface area contributed by atoms with Gasteiger partial charge in [0.2, 0.25) is 6.08 Å². The number of hydrogen-bond acceptors (Lipinski definition) is 4. The molecule has 17 heavy (non-hydrogen) atoms. The van der Waals surface area contributed by atoms with Gasteiger partial charge in [0.1, 0.15) is 17.0 Å². The molecule has 0 saturated heterocycles.